The van der Waals surface area contributed by atoms with E-state index in [0.717, 1.165) is 15.0 Å². The predicted octanol–water partition coefficient (Wildman–Crippen LogP) is 3.36. The molecule has 0 aliphatic rings. The average molecular weight is 230 g/mol. The van der Waals surface area contributed by atoms with Gasteiger partial charge in [0.05, 0.1) is 10.5 Å². The van der Waals surface area contributed by atoms with E-state index in [4.69, 9.17) is 11.6 Å². The Morgan fingerprint density at radius 2 is 2.27 bits per heavy atom. The molecule has 0 fully saturated rings. The lowest BCUT2D eigenvalue weighted by atomic mass is 10.4. The van der Waals surface area contributed by atoms with Crippen molar-refractivity contribution in [2.24, 2.45) is 0 Å². The minimum absolute atomic E-state index is 0.768. The first-order valence-electron chi connectivity index (χ1n) is 3.19. The van der Waals surface area contributed by atoms with E-state index in [-0.39, 0.29) is 0 Å². The van der Waals surface area contributed by atoms with Crippen molar-refractivity contribution in [3.8, 4) is 0 Å². The molecule has 11 heavy (non-hydrogen) atoms. The molecule has 3 heteroatoms. The zero-order valence-electron chi connectivity index (χ0n) is 5.59. The summed E-state index contributed by atoms with van der Waals surface area (Å²) in [5.74, 6) is 0. The zero-order valence-corrected chi connectivity index (χ0v) is 7.93. The maximum Gasteiger partial charge on any atom is 0.0658 e. The molecule has 0 saturated heterocycles. The van der Waals surface area contributed by atoms with Crippen LogP contribution in [0.15, 0.2) is 35.1 Å². The summed E-state index contributed by atoms with van der Waals surface area (Å²) in [4.78, 5) is 0. The number of halogens is 2. The molecule has 1 nitrogen and oxygen atoms in total. The van der Waals surface area contributed by atoms with Crippen molar-refractivity contribution in [3.63, 3.8) is 0 Å². The van der Waals surface area contributed by atoms with Crippen LogP contribution < -0.4 is 0 Å². The summed E-state index contributed by atoms with van der Waals surface area (Å²) in [6.07, 6.45) is 3.94. The minimum atomic E-state index is 0.768. The van der Waals surface area contributed by atoms with E-state index in [9.17, 15) is 0 Å². The maximum atomic E-state index is 5.95. The molecule has 0 aliphatic heterocycles. The summed E-state index contributed by atoms with van der Waals surface area (Å²) in [5, 5.41) is 0.768. The van der Waals surface area contributed by atoms with Gasteiger partial charge in [-0.05, 0) is 34.1 Å². The summed E-state index contributed by atoms with van der Waals surface area (Å²) < 4.78 is 2.97. The highest BCUT2D eigenvalue weighted by Crippen LogP contribution is 2.22. The number of pyridine rings is 1. The fraction of sp³-hybridized carbons (Fsp3) is 0. The van der Waals surface area contributed by atoms with E-state index < -0.39 is 0 Å². The number of aromatic nitrogens is 1. The van der Waals surface area contributed by atoms with E-state index in [2.05, 4.69) is 15.9 Å². The SMILES string of the molecule is Clc1cc(Br)cn2cccc12. The van der Waals surface area contributed by atoms with E-state index in [1.165, 1.54) is 0 Å². The van der Waals surface area contributed by atoms with Gasteiger partial charge in [0.15, 0.2) is 0 Å². The molecule has 0 spiro atoms. The molecule has 0 atom stereocenters. The molecule has 0 amide bonds. The number of fused-ring (bicyclic) bond motifs is 1. The zero-order chi connectivity index (χ0) is 7.84. The predicted molar refractivity (Wildman–Crippen MR) is 50.1 cm³/mol. The molecule has 0 aliphatic carbocycles. The quantitative estimate of drug-likeness (QED) is 0.654. The Labute approximate surface area is 77.7 Å². The third-order valence-electron chi connectivity index (χ3n) is 1.55. The molecule has 2 rings (SSSR count). The second kappa shape index (κ2) is 2.54. The van der Waals surface area contributed by atoms with Gasteiger partial charge >= 0.3 is 0 Å². The highest BCUT2D eigenvalue weighted by Gasteiger charge is 1.98. The summed E-state index contributed by atoms with van der Waals surface area (Å²) in [5.41, 5.74) is 1.04. The van der Waals surface area contributed by atoms with Crippen molar-refractivity contribution in [3.05, 3.63) is 40.1 Å². The smallest absolute Gasteiger partial charge is 0.0658 e. The first-order valence-corrected chi connectivity index (χ1v) is 4.36. The Kier molecular flexibility index (Phi) is 1.66. The molecular weight excluding hydrogens is 225 g/mol. The third-order valence-corrected chi connectivity index (χ3v) is 2.29. The Morgan fingerprint density at radius 3 is 3.09 bits per heavy atom. The van der Waals surface area contributed by atoms with Crippen LogP contribution in [0.1, 0.15) is 0 Å². The monoisotopic (exact) mass is 229 g/mol. The molecule has 56 valence electrons. The van der Waals surface area contributed by atoms with Crippen LogP contribution in [-0.4, -0.2) is 4.40 Å². The highest BCUT2D eigenvalue weighted by atomic mass is 79.9. The van der Waals surface area contributed by atoms with Crippen LogP contribution >= 0.6 is 27.5 Å². The van der Waals surface area contributed by atoms with E-state index >= 15 is 0 Å². The Hall–Kier alpha value is -0.470. The van der Waals surface area contributed by atoms with Gasteiger partial charge in [-0.2, -0.15) is 0 Å². The van der Waals surface area contributed by atoms with Crippen molar-refractivity contribution in [2.75, 3.05) is 0 Å². The summed E-state index contributed by atoms with van der Waals surface area (Å²) in [6, 6.07) is 5.83. The van der Waals surface area contributed by atoms with Gasteiger partial charge in [0.1, 0.15) is 0 Å². The topological polar surface area (TPSA) is 4.41 Å². The minimum Gasteiger partial charge on any atom is -0.321 e. The lowest BCUT2D eigenvalue weighted by Gasteiger charge is -1.97. The van der Waals surface area contributed by atoms with Crippen molar-refractivity contribution >= 4 is 33.0 Å². The van der Waals surface area contributed by atoms with Gasteiger partial charge in [0.25, 0.3) is 0 Å². The molecule has 0 unspecified atom stereocenters. The van der Waals surface area contributed by atoms with Gasteiger partial charge < -0.3 is 4.40 Å². The van der Waals surface area contributed by atoms with Crippen LogP contribution in [0, 0.1) is 0 Å². The Bertz CT molecular complexity index is 394. The lowest BCUT2D eigenvalue weighted by Crippen LogP contribution is -1.81. The first-order chi connectivity index (χ1) is 5.27. The molecule has 0 aromatic carbocycles. The van der Waals surface area contributed by atoms with E-state index in [1.807, 2.05) is 35.0 Å². The summed E-state index contributed by atoms with van der Waals surface area (Å²) >= 11 is 9.32. The maximum absolute atomic E-state index is 5.95. The lowest BCUT2D eigenvalue weighted by molar-refractivity contribution is 1.19. The van der Waals surface area contributed by atoms with Crippen LogP contribution in [0.3, 0.4) is 0 Å². The van der Waals surface area contributed by atoms with Crippen molar-refractivity contribution in [1.82, 2.24) is 4.40 Å². The van der Waals surface area contributed by atoms with Gasteiger partial charge in [0, 0.05) is 16.9 Å². The molecule has 2 heterocycles. The number of hydrogen-bond donors (Lipinski definition) is 0. The standard InChI is InChI=1S/C8H5BrClN/c9-6-4-7(10)8-2-1-3-11(8)5-6/h1-5H. The number of hydrogen-bond acceptors (Lipinski definition) is 0. The molecular formula is C8H5BrClN. The van der Waals surface area contributed by atoms with Crippen LogP contribution in [-0.2, 0) is 0 Å². The molecule has 2 aromatic heterocycles. The first kappa shape index (κ1) is 7.19. The van der Waals surface area contributed by atoms with Gasteiger partial charge in [-0.25, -0.2) is 0 Å². The van der Waals surface area contributed by atoms with Crippen LogP contribution in [0.4, 0.5) is 0 Å². The Morgan fingerprint density at radius 1 is 1.45 bits per heavy atom. The highest BCUT2D eigenvalue weighted by molar-refractivity contribution is 9.10. The normalized spacial score (nSPS) is 10.7. The Balaban J connectivity index is 2.91. The van der Waals surface area contributed by atoms with Crippen molar-refractivity contribution < 1.29 is 0 Å². The van der Waals surface area contributed by atoms with Gasteiger partial charge in [-0.1, -0.05) is 11.6 Å². The van der Waals surface area contributed by atoms with Crippen molar-refractivity contribution in [2.45, 2.75) is 0 Å². The van der Waals surface area contributed by atoms with E-state index in [1.54, 1.807) is 0 Å². The fourth-order valence-electron chi connectivity index (χ4n) is 1.07. The fourth-order valence-corrected chi connectivity index (χ4v) is 1.93. The molecule has 2 aromatic rings. The third kappa shape index (κ3) is 1.17. The molecule has 0 bridgehead atoms. The van der Waals surface area contributed by atoms with Gasteiger partial charge in [0.2, 0.25) is 0 Å². The number of rotatable bonds is 0. The van der Waals surface area contributed by atoms with Crippen LogP contribution in [0.5, 0.6) is 0 Å². The summed E-state index contributed by atoms with van der Waals surface area (Å²) in [6.45, 7) is 0. The largest absolute Gasteiger partial charge is 0.321 e. The van der Waals surface area contributed by atoms with Gasteiger partial charge in [-0.3, -0.25) is 0 Å². The van der Waals surface area contributed by atoms with Crippen LogP contribution in [0.2, 0.25) is 5.02 Å². The number of nitrogens with zero attached hydrogens (tertiary/aromatic N) is 1. The van der Waals surface area contributed by atoms with Crippen LogP contribution in [0.25, 0.3) is 5.52 Å². The van der Waals surface area contributed by atoms with Gasteiger partial charge in [-0.15, -0.1) is 0 Å². The molecule has 0 N–H and O–H groups in total. The second-order valence-electron chi connectivity index (χ2n) is 2.31. The summed E-state index contributed by atoms with van der Waals surface area (Å²) in [7, 11) is 0. The average Bonchev–Trinajstić information content (AvgIpc) is 2.34. The molecule has 0 radical (unpaired) electrons. The molecule has 0 saturated carbocycles. The van der Waals surface area contributed by atoms with E-state index in [0.29, 0.717) is 0 Å². The van der Waals surface area contributed by atoms with Crippen molar-refractivity contribution in [1.29, 1.82) is 0 Å². The second-order valence-corrected chi connectivity index (χ2v) is 3.63.